The van der Waals surface area contributed by atoms with E-state index in [1.54, 1.807) is 23.1 Å². The molecule has 1 amide bonds. The number of aromatic nitrogens is 1. The number of hydrogen-bond donors (Lipinski definition) is 0. The second kappa shape index (κ2) is 7.68. The van der Waals surface area contributed by atoms with Gasteiger partial charge in [-0.25, -0.2) is 8.42 Å². The zero-order valence-corrected chi connectivity index (χ0v) is 18.6. The Morgan fingerprint density at radius 1 is 1.13 bits per heavy atom. The van der Waals surface area contributed by atoms with Crippen molar-refractivity contribution < 1.29 is 17.9 Å². The molecule has 2 aliphatic rings. The molecule has 8 heteroatoms. The van der Waals surface area contributed by atoms with Gasteiger partial charge < -0.3 is 14.2 Å². The van der Waals surface area contributed by atoms with Gasteiger partial charge in [0.25, 0.3) is 5.91 Å². The molecule has 7 nitrogen and oxygen atoms in total. The molecule has 160 valence electrons. The Kier molecular flexibility index (Phi) is 5.34. The molecular weight excluding hydrogens is 402 g/mol. The first-order valence-electron chi connectivity index (χ1n) is 10.1. The summed E-state index contributed by atoms with van der Waals surface area (Å²) >= 11 is 0. The fraction of sp³-hybridized carbons (Fsp3) is 0.409. The Bertz CT molecular complexity index is 1140. The largest absolute Gasteiger partial charge is 0.379 e. The molecule has 1 aromatic carbocycles. The maximum atomic E-state index is 13.1. The highest BCUT2D eigenvalue weighted by Crippen LogP contribution is 2.40. The summed E-state index contributed by atoms with van der Waals surface area (Å²) in [4.78, 5) is 15.0. The van der Waals surface area contributed by atoms with E-state index in [4.69, 9.17) is 4.74 Å². The third-order valence-corrected chi connectivity index (χ3v) is 7.96. The van der Waals surface area contributed by atoms with Crippen LogP contribution in [0.2, 0.25) is 0 Å². The summed E-state index contributed by atoms with van der Waals surface area (Å²) in [5.41, 5.74) is 5.06. The number of likely N-dealkylation sites (N-methyl/N-ethyl adjacent to an activating group) is 1. The lowest BCUT2D eigenvalue weighted by Crippen LogP contribution is -2.40. The quantitative estimate of drug-likeness (QED) is 0.701. The first-order chi connectivity index (χ1) is 14.3. The Hall–Kier alpha value is -2.42. The Balaban J connectivity index is 1.83. The van der Waals surface area contributed by atoms with Crippen LogP contribution in [-0.4, -0.2) is 56.0 Å². The summed E-state index contributed by atoms with van der Waals surface area (Å²) in [6.45, 7) is 7.93. The maximum absolute atomic E-state index is 13.1. The molecule has 0 aliphatic carbocycles. The van der Waals surface area contributed by atoms with Gasteiger partial charge in [0.1, 0.15) is 0 Å². The van der Waals surface area contributed by atoms with E-state index < -0.39 is 10.0 Å². The molecule has 3 heterocycles. The molecule has 1 aromatic heterocycles. The van der Waals surface area contributed by atoms with Crippen molar-refractivity contribution in [1.82, 2.24) is 8.87 Å². The number of carbonyl (C=O) groups is 1. The van der Waals surface area contributed by atoms with Crippen LogP contribution in [0.1, 0.15) is 29.4 Å². The maximum Gasteiger partial charge on any atom is 0.258 e. The number of benzene rings is 1. The highest BCUT2D eigenvalue weighted by molar-refractivity contribution is 7.89. The van der Waals surface area contributed by atoms with E-state index in [1.165, 1.54) is 4.31 Å². The molecule has 0 radical (unpaired) electrons. The second-order valence-electron chi connectivity index (χ2n) is 7.69. The number of hydrogen-bond acceptors (Lipinski definition) is 4. The third kappa shape index (κ3) is 3.29. The zero-order valence-electron chi connectivity index (χ0n) is 17.8. The van der Waals surface area contributed by atoms with Gasteiger partial charge in [-0.05, 0) is 56.7 Å². The zero-order chi connectivity index (χ0) is 21.6. The molecule has 2 aliphatic heterocycles. The van der Waals surface area contributed by atoms with E-state index in [-0.39, 0.29) is 10.8 Å². The van der Waals surface area contributed by atoms with Crippen LogP contribution in [0.4, 0.5) is 5.69 Å². The normalized spacial score (nSPS) is 19.0. The number of aryl methyl sites for hydroxylation is 1. The molecular formula is C22H27N3O4S. The van der Waals surface area contributed by atoms with Crippen molar-refractivity contribution in [2.45, 2.75) is 25.7 Å². The topological polar surface area (TPSA) is 71.9 Å². The summed E-state index contributed by atoms with van der Waals surface area (Å²) in [6, 6.07) is 7.03. The minimum Gasteiger partial charge on any atom is -0.379 e. The molecule has 0 saturated carbocycles. The number of carbonyl (C=O) groups excluding carboxylic acids is 1. The molecule has 0 atom stereocenters. The van der Waals surface area contributed by atoms with E-state index in [0.29, 0.717) is 44.0 Å². The predicted molar refractivity (Wildman–Crippen MR) is 117 cm³/mol. The average Bonchev–Trinajstić information content (AvgIpc) is 3.15. The van der Waals surface area contributed by atoms with Crippen molar-refractivity contribution in [3.63, 3.8) is 0 Å². The number of morpholine rings is 1. The van der Waals surface area contributed by atoms with Gasteiger partial charge >= 0.3 is 0 Å². The monoisotopic (exact) mass is 429 g/mol. The molecule has 0 N–H and O–H groups in total. The minimum atomic E-state index is -3.64. The van der Waals surface area contributed by atoms with Gasteiger partial charge in [-0.3, -0.25) is 4.79 Å². The lowest BCUT2D eigenvalue weighted by molar-refractivity contribution is -0.112. The van der Waals surface area contributed by atoms with Crippen LogP contribution in [0.5, 0.6) is 0 Å². The Labute approximate surface area is 177 Å². The van der Waals surface area contributed by atoms with Crippen molar-refractivity contribution in [3.05, 3.63) is 46.8 Å². The second-order valence-corrected chi connectivity index (χ2v) is 9.63. The summed E-state index contributed by atoms with van der Waals surface area (Å²) in [5, 5.41) is 0. The standard InChI is InChI=1S/C22H27N3O4S/c1-5-25-21-7-6-18(30(27,28)24-8-10-29-11-9-24)14-19(21)20(22(25)26)13-17-12-15(2)23(4)16(17)3/h6-7,12-14H,5,8-11H2,1-4H3. The molecule has 0 unspecified atom stereocenters. The SMILES string of the molecule is CCN1C(=O)C(=Cc2cc(C)n(C)c2C)c2cc(S(=O)(=O)N3CCOCC3)ccc21. The van der Waals surface area contributed by atoms with Gasteiger partial charge in [-0.15, -0.1) is 0 Å². The minimum absolute atomic E-state index is 0.102. The summed E-state index contributed by atoms with van der Waals surface area (Å²) < 4.78 is 35.1. The van der Waals surface area contributed by atoms with E-state index in [9.17, 15) is 13.2 Å². The van der Waals surface area contributed by atoms with Gasteiger partial charge in [0.05, 0.1) is 23.8 Å². The number of anilines is 1. The van der Waals surface area contributed by atoms with E-state index in [0.717, 1.165) is 22.6 Å². The van der Waals surface area contributed by atoms with Crippen molar-refractivity contribution >= 4 is 33.3 Å². The van der Waals surface area contributed by atoms with Crippen LogP contribution in [-0.2, 0) is 26.6 Å². The lowest BCUT2D eigenvalue weighted by atomic mass is 10.0. The average molecular weight is 430 g/mol. The van der Waals surface area contributed by atoms with Gasteiger partial charge in [0, 0.05) is 49.2 Å². The summed E-state index contributed by atoms with van der Waals surface area (Å²) in [6.07, 6.45) is 1.88. The van der Waals surface area contributed by atoms with Gasteiger partial charge in [0.15, 0.2) is 0 Å². The summed E-state index contributed by atoms with van der Waals surface area (Å²) in [5.74, 6) is -0.102. The van der Waals surface area contributed by atoms with Crippen LogP contribution in [0.15, 0.2) is 29.2 Å². The van der Waals surface area contributed by atoms with Crippen LogP contribution in [0.3, 0.4) is 0 Å². The van der Waals surface area contributed by atoms with Crippen molar-refractivity contribution in [1.29, 1.82) is 0 Å². The van der Waals surface area contributed by atoms with Crippen molar-refractivity contribution in [2.75, 3.05) is 37.7 Å². The fourth-order valence-electron chi connectivity index (χ4n) is 4.07. The molecule has 30 heavy (non-hydrogen) atoms. The number of sulfonamides is 1. The Morgan fingerprint density at radius 2 is 1.83 bits per heavy atom. The fourth-order valence-corrected chi connectivity index (χ4v) is 5.51. The van der Waals surface area contributed by atoms with Crippen LogP contribution in [0, 0.1) is 13.8 Å². The predicted octanol–water partition coefficient (Wildman–Crippen LogP) is 2.57. The molecule has 0 spiro atoms. The Morgan fingerprint density at radius 3 is 2.43 bits per heavy atom. The van der Waals surface area contributed by atoms with Crippen molar-refractivity contribution in [3.8, 4) is 0 Å². The first kappa shape index (κ1) is 20.8. The number of ether oxygens (including phenoxy) is 1. The molecule has 1 saturated heterocycles. The van der Waals surface area contributed by atoms with Crippen LogP contribution >= 0.6 is 0 Å². The number of fused-ring (bicyclic) bond motifs is 1. The molecule has 2 aromatic rings. The van der Waals surface area contributed by atoms with E-state index in [2.05, 4.69) is 4.57 Å². The third-order valence-electron chi connectivity index (χ3n) is 6.06. The summed E-state index contributed by atoms with van der Waals surface area (Å²) in [7, 11) is -1.65. The molecule has 0 bridgehead atoms. The number of amides is 1. The molecule has 1 fully saturated rings. The van der Waals surface area contributed by atoms with Gasteiger partial charge in [-0.1, -0.05) is 0 Å². The highest BCUT2D eigenvalue weighted by atomic mass is 32.2. The first-order valence-corrected chi connectivity index (χ1v) is 11.6. The van der Waals surface area contributed by atoms with Crippen LogP contribution in [0.25, 0.3) is 11.6 Å². The van der Waals surface area contributed by atoms with Crippen molar-refractivity contribution in [2.24, 2.45) is 7.05 Å². The smallest absolute Gasteiger partial charge is 0.258 e. The van der Waals surface area contributed by atoms with Crippen LogP contribution < -0.4 is 4.90 Å². The number of nitrogens with zero attached hydrogens (tertiary/aromatic N) is 3. The van der Waals surface area contributed by atoms with Gasteiger partial charge in [0.2, 0.25) is 10.0 Å². The molecule has 4 rings (SSSR count). The van der Waals surface area contributed by atoms with E-state index >= 15 is 0 Å². The number of rotatable bonds is 4. The highest BCUT2D eigenvalue weighted by Gasteiger charge is 2.34. The van der Waals surface area contributed by atoms with Gasteiger partial charge in [-0.2, -0.15) is 4.31 Å². The lowest BCUT2D eigenvalue weighted by Gasteiger charge is -2.26. The van der Waals surface area contributed by atoms with E-state index in [1.807, 2.05) is 40.0 Å².